The van der Waals surface area contributed by atoms with Gasteiger partial charge in [-0.3, -0.25) is 4.57 Å². The third kappa shape index (κ3) is 1.47. The van der Waals surface area contributed by atoms with Gasteiger partial charge < -0.3 is 15.3 Å². The molecule has 0 aliphatic rings. The number of hydrogen-bond acceptors (Lipinski definition) is 3. The summed E-state index contributed by atoms with van der Waals surface area (Å²) >= 11 is 0. The molecule has 68 valence electrons. The molecule has 0 saturated heterocycles. The van der Waals surface area contributed by atoms with E-state index < -0.39 is 0 Å². The summed E-state index contributed by atoms with van der Waals surface area (Å²) in [5, 5.41) is 27.4. The molecule has 1 rings (SSSR count). The van der Waals surface area contributed by atoms with Crippen LogP contribution in [0.4, 0.5) is 0 Å². The number of rotatable bonds is 3. The summed E-state index contributed by atoms with van der Waals surface area (Å²) in [6, 6.07) is 1.13. The quantitative estimate of drug-likeness (QED) is 0.644. The maximum Gasteiger partial charge on any atom is 0.237 e. The van der Waals surface area contributed by atoms with Gasteiger partial charge in [0.05, 0.1) is 0 Å². The lowest BCUT2D eigenvalue weighted by atomic mass is 10.3. The van der Waals surface area contributed by atoms with Gasteiger partial charge >= 0.3 is 0 Å². The summed E-state index contributed by atoms with van der Waals surface area (Å²) in [5.74, 6) is -0.636. The Labute approximate surface area is 70.7 Å². The van der Waals surface area contributed by atoms with Crippen molar-refractivity contribution < 1.29 is 15.3 Å². The molecule has 1 aromatic heterocycles. The van der Waals surface area contributed by atoms with Gasteiger partial charge in [-0.2, -0.15) is 0 Å². The van der Waals surface area contributed by atoms with E-state index in [1.165, 1.54) is 4.57 Å². The van der Waals surface area contributed by atoms with E-state index in [-0.39, 0.29) is 17.5 Å². The summed E-state index contributed by atoms with van der Waals surface area (Å²) in [4.78, 5) is 0. The monoisotopic (exact) mass is 171 g/mol. The zero-order valence-corrected chi connectivity index (χ0v) is 6.99. The normalized spacial score (nSPS) is 10.4. The summed E-state index contributed by atoms with van der Waals surface area (Å²) in [6.45, 7) is 2.53. The first kappa shape index (κ1) is 8.77. The lowest BCUT2D eigenvalue weighted by Crippen LogP contribution is -1.95. The number of aromatic nitrogens is 1. The van der Waals surface area contributed by atoms with Crippen LogP contribution in [0.5, 0.6) is 17.5 Å². The Hall–Kier alpha value is -1.32. The minimum atomic E-state index is -0.274. The fourth-order valence-corrected chi connectivity index (χ4v) is 1.05. The molecular weight excluding hydrogens is 158 g/mol. The van der Waals surface area contributed by atoms with Crippen LogP contribution in [0.2, 0.25) is 0 Å². The Morgan fingerprint density at radius 3 is 2.42 bits per heavy atom. The second kappa shape index (κ2) is 3.38. The second-order valence-corrected chi connectivity index (χ2v) is 2.72. The van der Waals surface area contributed by atoms with Gasteiger partial charge in [0.2, 0.25) is 5.88 Å². The van der Waals surface area contributed by atoms with Crippen molar-refractivity contribution in [3.05, 3.63) is 6.07 Å². The van der Waals surface area contributed by atoms with E-state index in [1.54, 1.807) is 0 Å². The number of nitrogens with zero attached hydrogens (tertiary/aromatic N) is 1. The fourth-order valence-electron chi connectivity index (χ4n) is 1.05. The lowest BCUT2D eigenvalue weighted by Gasteiger charge is -2.04. The van der Waals surface area contributed by atoms with Gasteiger partial charge in [0.1, 0.15) is 0 Å². The van der Waals surface area contributed by atoms with Crippen molar-refractivity contribution >= 4 is 0 Å². The molecule has 0 aliphatic carbocycles. The van der Waals surface area contributed by atoms with Crippen molar-refractivity contribution in [2.24, 2.45) is 0 Å². The van der Waals surface area contributed by atoms with Crippen LogP contribution in [-0.2, 0) is 6.54 Å². The van der Waals surface area contributed by atoms with Gasteiger partial charge in [0.25, 0.3) is 0 Å². The van der Waals surface area contributed by atoms with Crippen LogP contribution in [0.15, 0.2) is 6.07 Å². The van der Waals surface area contributed by atoms with Crippen molar-refractivity contribution in [2.75, 3.05) is 0 Å². The lowest BCUT2D eigenvalue weighted by molar-refractivity contribution is 0.348. The minimum Gasteiger partial charge on any atom is -0.503 e. The highest BCUT2D eigenvalue weighted by Gasteiger charge is 2.11. The Balaban J connectivity index is 2.82. The van der Waals surface area contributed by atoms with Gasteiger partial charge in [-0.05, 0) is 6.42 Å². The van der Waals surface area contributed by atoms with E-state index in [1.807, 2.05) is 6.92 Å². The molecule has 0 aliphatic heterocycles. The zero-order valence-electron chi connectivity index (χ0n) is 6.99. The first-order valence-electron chi connectivity index (χ1n) is 3.97. The molecule has 0 bridgehead atoms. The standard InChI is InChI=1S/C8H13NO3/c1-2-3-4-9-7(11)5-6(10)8(9)12/h5,10-12H,2-4H2,1H3. The summed E-state index contributed by atoms with van der Waals surface area (Å²) in [7, 11) is 0. The molecule has 0 fully saturated rings. The van der Waals surface area contributed by atoms with Crippen molar-refractivity contribution in [1.82, 2.24) is 4.57 Å². The number of aromatic hydroxyl groups is 3. The molecule has 1 aromatic rings. The van der Waals surface area contributed by atoms with Gasteiger partial charge in [-0.15, -0.1) is 0 Å². The molecule has 0 radical (unpaired) electrons. The second-order valence-electron chi connectivity index (χ2n) is 2.72. The summed E-state index contributed by atoms with van der Waals surface area (Å²) < 4.78 is 1.28. The SMILES string of the molecule is CCCCn1c(O)cc(O)c1O. The van der Waals surface area contributed by atoms with E-state index in [0.717, 1.165) is 18.9 Å². The predicted octanol–water partition coefficient (Wildman–Crippen LogP) is 1.40. The molecule has 4 heteroatoms. The predicted molar refractivity (Wildman–Crippen MR) is 44.3 cm³/mol. The smallest absolute Gasteiger partial charge is 0.237 e. The third-order valence-corrected chi connectivity index (χ3v) is 1.76. The molecule has 3 N–H and O–H groups in total. The summed E-state index contributed by atoms with van der Waals surface area (Å²) in [6.07, 6.45) is 1.83. The molecule has 0 atom stereocenters. The average Bonchev–Trinajstić information content (AvgIpc) is 2.25. The fraction of sp³-hybridized carbons (Fsp3) is 0.500. The Bertz CT molecular complexity index is 268. The molecule has 0 saturated carbocycles. The number of unbranched alkanes of at least 4 members (excludes halogenated alkanes) is 1. The van der Waals surface area contributed by atoms with E-state index in [0.29, 0.717) is 6.54 Å². The van der Waals surface area contributed by atoms with Gasteiger partial charge in [0, 0.05) is 12.6 Å². The molecule has 0 unspecified atom stereocenters. The van der Waals surface area contributed by atoms with Crippen LogP contribution < -0.4 is 0 Å². The number of hydrogen-bond donors (Lipinski definition) is 3. The Morgan fingerprint density at radius 1 is 1.33 bits per heavy atom. The minimum absolute atomic E-state index is 0.0987. The van der Waals surface area contributed by atoms with Crippen molar-refractivity contribution in [3.63, 3.8) is 0 Å². The van der Waals surface area contributed by atoms with E-state index in [4.69, 9.17) is 5.11 Å². The van der Waals surface area contributed by atoms with Crippen LogP contribution in [0.25, 0.3) is 0 Å². The maximum absolute atomic E-state index is 9.20. The molecular formula is C8H13NO3. The third-order valence-electron chi connectivity index (χ3n) is 1.76. The van der Waals surface area contributed by atoms with Crippen LogP contribution in [0, 0.1) is 0 Å². The molecule has 0 aromatic carbocycles. The first-order valence-corrected chi connectivity index (χ1v) is 3.97. The van der Waals surface area contributed by atoms with E-state index in [2.05, 4.69) is 0 Å². The molecule has 12 heavy (non-hydrogen) atoms. The average molecular weight is 171 g/mol. The largest absolute Gasteiger partial charge is 0.503 e. The van der Waals surface area contributed by atoms with Gasteiger partial charge in [-0.25, -0.2) is 0 Å². The van der Waals surface area contributed by atoms with Gasteiger partial charge in [-0.1, -0.05) is 13.3 Å². The van der Waals surface area contributed by atoms with E-state index in [9.17, 15) is 10.2 Å². The van der Waals surface area contributed by atoms with Gasteiger partial charge in [0.15, 0.2) is 11.6 Å². The highest BCUT2D eigenvalue weighted by Crippen LogP contribution is 2.33. The summed E-state index contributed by atoms with van der Waals surface area (Å²) in [5.41, 5.74) is 0. The van der Waals surface area contributed by atoms with Crippen LogP contribution in [-0.4, -0.2) is 19.9 Å². The zero-order chi connectivity index (χ0) is 9.14. The Kier molecular flexibility index (Phi) is 2.47. The van der Waals surface area contributed by atoms with Crippen LogP contribution in [0.1, 0.15) is 19.8 Å². The molecule has 0 amide bonds. The van der Waals surface area contributed by atoms with Crippen molar-refractivity contribution in [2.45, 2.75) is 26.3 Å². The maximum atomic E-state index is 9.20. The van der Waals surface area contributed by atoms with Crippen LogP contribution in [0.3, 0.4) is 0 Å². The molecule has 4 nitrogen and oxygen atoms in total. The van der Waals surface area contributed by atoms with Crippen molar-refractivity contribution in [1.29, 1.82) is 0 Å². The highest BCUT2D eigenvalue weighted by atomic mass is 16.3. The van der Waals surface area contributed by atoms with E-state index >= 15 is 0 Å². The molecule has 1 heterocycles. The first-order chi connectivity index (χ1) is 5.66. The van der Waals surface area contributed by atoms with Crippen molar-refractivity contribution in [3.8, 4) is 17.5 Å². The van der Waals surface area contributed by atoms with Crippen LogP contribution >= 0.6 is 0 Å². The Morgan fingerprint density at radius 2 is 2.00 bits per heavy atom. The highest BCUT2D eigenvalue weighted by molar-refractivity contribution is 5.39. The molecule has 0 spiro atoms. The topological polar surface area (TPSA) is 65.6 Å².